The summed E-state index contributed by atoms with van der Waals surface area (Å²) in [6, 6.07) is 0. The maximum atomic E-state index is 13.5. The molecule has 2 unspecified atom stereocenters. The average Bonchev–Trinajstić information content (AvgIpc) is 3.62. The third-order valence-electron chi connectivity index (χ3n) is 6.71. The third kappa shape index (κ3) is 10.7. The second-order valence-corrected chi connectivity index (χ2v) is 9.52. The van der Waals surface area contributed by atoms with Crippen molar-refractivity contribution in [1.82, 2.24) is 5.32 Å². The van der Waals surface area contributed by atoms with Gasteiger partial charge in [-0.2, -0.15) is 8.78 Å². The zero-order valence-electron chi connectivity index (χ0n) is 23.0. The van der Waals surface area contributed by atoms with Crippen LogP contribution < -0.4 is 10.1 Å². The topological polar surface area (TPSA) is 102 Å². The number of benzene rings is 1. The van der Waals surface area contributed by atoms with Crippen LogP contribution in [0.1, 0.15) is 32.1 Å². The van der Waals surface area contributed by atoms with E-state index < -0.39 is 53.3 Å². The van der Waals surface area contributed by atoms with Crippen LogP contribution >= 0.6 is 0 Å². The number of rotatable bonds is 18. The van der Waals surface area contributed by atoms with Gasteiger partial charge in [-0.25, -0.2) is 18.0 Å². The molecule has 0 aliphatic heterocycles. The van der Waals surface area contributed by atoms with Crippen LogP contribution in [-0.4, -0.2) is 78.1 Å². The van der Waals surface area contributed by atoms with E-state index in [4.69, 9.17) is 23.7 Å². The van der Waals surface area contributed by atoms with Crippen molar-refractivity contribution in [1.29, 1.82) is 0 Å². The van der Waals surface area contributed by atoms with Crippen LogP contribution in [0.5, 0.6) is 5.75 Å². The summed E-state index contributed by atoms with van der Waals surface area (Å²) in [6.07, 6.45) is 3.07. The molecular weight excluding hydrogens is 573 g/mol. The molecule has 2 aliphatic rings. The van der Waals surface area contributed by atoms with Gasteiger partial charge in [0.25, 0.3) is 0 Å². The van der Waals surface area contributed by atoms with Crippen LogP contribution in [0.2, 0.25) is 0 Å². The fraction of sp³-hybridized carbons (Fsp3) is 0.643. The van der Waals surface area contributed by atoms with Crippen molar-refractivity contribution in [2.75, 3.05) is 66.0 Å². The van der Waals surface area contributed by atoms with Crippen LogP contribution in [0.4, 0.5) is 26.7 Å². The maximum Gasteiger partial charge on any atom is 0.407 e. The van der Waals surface area contributed by atoms with Gasteiger partial charge in [0, 0.05) is 19.4 Å². The highest BCUT2D eigenvalue weighted by Gasteiger charge is 2.49. The summed E-state index contributed by atoms with van der Waals surface area (Å²) in [5.41, 5.74) is 0. The smallest absolute Gasteiger partial charge is 0.407 e. The highest BCUT2D eigenvalue weighted by molar-refractivity contribution is 5.72. The van der Waals surface area contributed by atoms with E-state index in [-0.39, 0.29) is 33.0 Å². The summed E-state index contributed by atoms with van der Waals surface area (Å²) in [7, 11) is 0. The first-order valence-electron chi connectivity index (χ1n) is 13.7. The van der Waals surface area contributed by atoms with Crippen molar-refractivity contribution in [3.05, 3.63) is 29.1 Å². The average molecular weight is 608 g/mol. The third-order valence-corrected chi connectivity index (χ3v) is 6.71. The Bertz CT molecular complexity index is 1060. The van der Waals surface area contributed by atoms with Gasteiger partial charge in [-0.15, -0.1) is 11.8 Å². The Morgan fingerprint density at radius 1 is 0.690 bits per heavy atom. The van der Waals surface area contributed by atoms with Crippen LogP contribution in [0.3, 0.4) is 0 Å². The first-order valence-corrected chi connectivity index (χ1v) is 13.7. The number of nitrogens with one attached hydrogen (secondary N) is 1. The summed E-state index contributed by atoms with van der Waals surface area (Å²) in [5.74, 6) is -6.13. The lowest BCUT2D eigenvalue weighted by molar-refractivity contribution is -0.136. The van der Waals surface area contributed by atoms with E-state index in [9.17, 15) is 31.5 Å². The second-order valence-electron chi connectivity index (χ2n) is 9.52. The highest BCUT2D eigenvalue weighted by atomic mass is 19.2. The largest absolute Gasteiger partial charge is 0.449 e. The number of ether oxygens (including phenoxy) is 6. The minimum atomic E-state index is -2.35. The predicted octanol–water partition coefficient (Wildman–Crippen LogP) is 3.91. The van der Waals surface area contributed by atoms with Crippen LogP contribution in [0.15, 0.2) is 0 Å². The van der Waals surface area contributed by atoms with E-state index in [1.54, 1.807) is 0 Å². The van der Waals surface area contributed by atoms with Crippen molar-refractivity contribution >= 4 is 12.1 Å². The number of hydrogen-bond acceptors (Lipinski definition) is 8. The van der Waals surface area contributed by atoms with Crippen LogP contribution in [-0.2, 0) is 28.5 Å². The molecule has 1 amide bonds. The molecular formula is C28H34F5NO8. The first-order chi connectivity index (χ1) is 20.3. The summed E-state index contributed by atoms with van der Waals surface area (Å²) in [5, 5.41) is 2.66. The first kappa shape index (κ1) is 33.5. The Labute approximate surface area is 240 Å². The van der Waals surface area contributed by atoms with Gasteiger partial charge in [-0.1, -0.05) is 0 Å². The molecule has 0 bridgehead atoms. The number of fused-ring (bicyclic) bond motifs is 1. The van der Waals surface area contributed by atoms with Gasteiger partial charge in [-0.05, 0) is 30.6 Å². The lowest BCUT2D eigenvalue weighted by Crippen LogP contribution is -2.29. The number of carbonyl (C=O) groups is 2. The molecule has 234 valence electrons. The van der Waals surface area contributed by atoms with E-state index in [0.717, 1.165) is 25.7 Å². The van der Waals surface area contributed by atoms with E-state index in [2.05, 4.69) is 21.9 Å². The molecule has 1 saturated carbocycles. The molecule has 2 atom stereocenters. The van der Waals surface area contributed by atoms with Gasteiger partial charge >= 0.3 is 12.1 Å². The minimum Gasteiger partial charge on any atom is -0.449 e. The standard InChI is InChI=1S/C28H34F5NO8/c29-22-23(30)25(32)27(26(33)24(22)31)42-21(35)7-9-37-11-13-39-15-16-40-14-12-38-10-8-34-28(36)41-17-20-18-5-3-1-2-4-6-19(18)20/h18-20H,3-17H2,(H,34,36). The molecule has 1 N–H and O–H groups in total. The number of halogens is 5. The van der Waals surface area contributed by atoms with Crippen molar-refractivity contribution in [3.63, 3.8) is 0 Å². The fourth-order valence-corrected chi connectivity index (χ4v) is 4.49. The monoisotopic (exact) mass is 607 g/mol. The molecule has 0 saturated heterocycles. The van der Waals surface area contributed by atoms with Gasteiger partial charge in [0.15, 0.2) is 0 Å². The van der Waals surface area contributed by atoms with E-state index in [0.29, 0.717) is 50.7 Å². The second kappa shape index (κ2) is 17.8. The fourth-order valence-electron chi connectivity index (χ4n) is 4.49. The number of esters is 1. The van der Waals surface area contributed by atoms with Gasteiger partial charge in [0.1, 0.15) is 0 Å². The van der Waals surface area contributed by atoms with Crippen molar-refractivity contribution in [2.45, 2.75) is 32.1 Å². The summed E-state index contributed by atoms with van der Waals surface area (Å²) < 4.78 is 97.0. The molecule has 1 aromatic carbocycles. The lowest BCUT2D eigenvalue weighted by atomic mass is 10.1. The Balaban J connectivity index is 1.07. The van der Waals surface area contributed by atoms with E-state index >= 15 is 0 Å². The van der Waals surface area contributed by atoms with E-state index in [1.165, 1.54) is 0 Å². The highest BCUT2D eigenvalue weighted by Crippen LogP contribution is 2.52. The minimum absolute atomic E-state index is 0.0745. The molecule has 1 aromatic rings. The number of amides is 1. The summed E-state index contributed by atoms with van der Waals surface area (Å²) >= 11 is 0. The van der Waals surface area contributed by atoms with Crippen LogP contribution in [0, 0.1) is 58.7 Å². The molecule has 14 heteroatoms. The number of hydrogen-bond donors (Lipinski definition) is 1. The Morgan fingerprint density at radius 3 is 1.71 bits per heavy atom. The Hall–Kier alpha value is -2.99. The van der Waals surface area contributed by atoms with Gasteiger partial charge in [0.05, 0.1) is 65.9 Å². The molecule has 0 spiro atoms. The van der Waals surface area contributed by atoms with Gasteiger partial charge in [-0.3, -0.25) is 4.79 Å². The molecule has 1 fully saturated rings. The predicted molar refractivity (Wildman–Crippen MR) is 136 cm³/mol. The number of alkyl carbamates (subject to hydrolysis) is 1. The Morgan fingerprint density at radius 2 is 1.17 bits per heavy atom. The summed E-state index contributed by atoms with van der Waals surface area (Å²) in [6.45, 7) is 2.28. The molecule has 9 nitrogen and oxygen atoms in total. The zero-order chi connectivity index (χ0) is 30.3. The zero-order valence-corrected chi connectivity index (χ0v) is 23.0. The van der Waals surface area contributed by atoms with Gasteiger partial charge in [0.2, 0.25) is 34.8 Å². The molecule has 0 aromatic heterocycles. The van der Waals surface area contributed by atoms with E-state index in [1.807, 2.05) is 0 Å². The normalized spacial score (nSPS) is 19.1. The molecule has 42 heavy (non-hydrogen) atoms. The number of carbonyl (C=O) groups excluding carboxylic acids is 2. The molecule has 2 aliphatic carbocycles. The van der Waals surface area contributed by atoms with Crippen molar-refractivity contribution in [2.24, 2.45) is 17.8 Å². The quantitative estimate of drug-likeness (QED) is 0.0510. The maximum absolute atomic E-state index is 13.5. The van der Waals surface area contributed by atoms with Gasteiger partial charge < -0.3 is 33.7 Å². The van der Waals surface area contributed by atoms with Crippen molar-refractivity contribution in [3.8, 4) is 17.6 Å². The van der Waals surface area contributed by atoms with Crippen molar-refractivity contribution < 1.29 is 60.0 Å². The molecule has 3 rings (SSSR count). The summed E-state index contributed by atoms with van der Waals surface area (Å²) in [4.78, 5) is 23.5. The SMILES string of the molecule is O=C(CCOCCOCCOCCOCCNC(=O)OCC1C2CCC#CCCC21)Oc1c(F)c(F)c(F)c(F)c1F. The Kier molecular flexibility index (Phi) is 14.2. The molecule has 0 heterocycles. The van der Waals surface area contributed by atoms with Crippen LogP contribution in [0.25, 0.3) is 0 Å². The lowest BCUT2D eigenvalue weighted by Gasteiger charge is -2.09. The molecule has 0 radical (unpaired) electrons.